The highest BCUT2D eigenvalue weighted by atomic mass is 32.1. The van der Waals surface area contributed by atoms with Crippen LogP contribution in [0.2, 0.25) is 0 Å². The minimum atomic E-state index is 0.641. The minimum absolute atomic E-state index is 0.641. The second-order valence-electron chi connectivity index (χ2n) is 6.37. The second-order valence-corrected chi connectivity index (χ2v) is 7.31. The number of H-pyrrole nitrogens is 1. The molecule has 1 aliphatic heterocycles. The zero-order chi connectivity index (χ0) is 18.1. The number of nitrogens with zero attached hydrogens (tertiary/aromatic N) is 7. The number of hydrogen-bond acceptors (Lipinski definition) is 8. The van der Waals surface area contributed by atoms with Gasteiger partial charge in [0.1, 0.15) is 6.33 Å². The summed E-state index contributed by atoms with van der Waals surface area (Å²) in [4.78, 5) is 16.2. The Hall–Kier alpha value is -2.69. The highest BCUT2D eigenvalue weighted by Gasteiger charge is 2.16. The molecule has 4 aromatic rings. The Kier molecular flexibility index (Phi) is 4.36. The van der Waals surface area contributed by atoms with Crippen LogP contribution in [-0.2, 0) is 17.7 Å². The van der Waals surface area contributed by atoms with Crippen molar-refractivity contribution in [1.29, 1.82) is 0 Å². The van der Waals surface area contributed by atoms with Crippen molar-refractivity contribution in [2.75, 3.05) is 26.3 Å². The fourth-order valence-corrected chi connectivity index (χ4v) is 4.00. The first-order chi connectivity index (χ1) is 13.4. The summed E-state index contributed by atoms with van der Waals surface area (Å²) in [6, 6.07) is 0. The van der Waals surface area contributed by atoms with Crippen molar-refractivity contribution >= 4 is 17.0 Å². The number of ether oxygens (including phenoxy) is 1. The van der Waals surface area contributed by atoms with E-state index in [-0.39, 0.29) is 0 Å². The van der Waals surface area contributed by atoms with Crippen LogP contribution >= 0.6 is 11.3 Å². The van der Waals surface area contributed by atoms with Gasteiger partial charge in [-0.2, -0.15) is 10.2 Å². The van der Waals surface area contributed by atoms with E-state index >= 15 is 0 Å². The summed E-state index contributed by atoms with van der Waals surface area (Å²) < 4.78 is 7.20. The van der Waals surface area contributed by atoms with Crippen LogP contribution in [0.3, 0.4) is 0 Å². The summed E-state index contributed by atoms with van der Waals surface area (Å²) >= 11 is 1.66. The lowest BCUT2D eigenvalue weighted by molar-refractivity contribution is 0.0337. The van der Waals surface area contributed by atoms with Crippen LogP contribution in [0.25, 0.3) is 16.9 Å². The number of hydrogen-bond donors (Lipinski definition) is 1. The molecule has 1 aliphatic rings. The molecule has 0 unspecified atom stereocenters. The number of morpholine rings is 1. The molecule has 9 nitrogen and oxygen atoms in total. The van der Waals surface area contributed by atoms with Gasteiger partial charge in [-0.25, -0.2) is 14.5 Å². The third-order valence-electron chi connectivity index (χ3n) is 4.58. The maximum Gasteiger partial charge on any atom is 0.177 e. The van der Waals surface area contributed by atoms with Gasteiger partial charge < -0.3 is 4.74 Å². The van der Waals surface area contributed by atoms with Crippen molar-refractivity contribution in [3.05, 3.63) is 46.7 Å². The summed E-state index contributed by atoms with van der Waals surface area (Å²) in [7, 11) is 0. The lowest BCUT2D eigenvalue weighted by atomic mass is 10.2. The molecule has 0 bridgehead atoms. The topological polar surface area (TPSA) is 97.1 Å². The monoisotopic (exact) mass is 382 g/mol. The van der Waals surface area contributed by atoms with Gasteiger partial charge >= 0.3 is 0 Å². The van der Waals surface area contributed by atoms with Crippen LogP contribution < -0.4 is 0 Å². The average molecular weight is 382 g/mol. The number of fused-ring (bicyclic) bond motifs is 1. The third kappa shape index (κ3) is 3.34. The highest BCUT2D eigenvalue weighted by molar-refractivity contribution is 7.09. The molecule has 0 amide bonds. The van der Waals surface area contributed by atoms with Gasteiger partial charge in [0.25, 0.3) is 0 Å². The van der Waals surface area contributed by atoms with Gasteiger partial charge in [0.2, 0.25) is 0 Å². The summed E-state index contributed by atoms with van der Waals surface area (Å²) in [6.45, 7) is 4.39. The van der Waals surface area contributed by atoms with E-state index in [0.717, 1.165) is 66.1 Å². The third-order valence-corrected chi connectivity index (χ3v) is 5.48. The summed E-state index contributed by atoms with van der Waals surface area (Å²) in [5.41, 5.74) is 4.49. The lowest BCUT2D eigenvalue weighted by Crippen LogP contribution is -2.35. The van der Waals surface area contributed by atoms with Crippen LogP contribution in [0.15, 0.2) is 30.3 Å². The van der Waals surface area contributed by atoms with E-state index in [1.54, 1.807) is 28.4 Å². The van der Waals surface area contributed by atoms with E-state index in [1.165, 1.54) is 0 Å². The predicted molar refractivity (Wildman–Crippen MR) is 99.4 cm³/mol. The fraction of sp³-hybridized carbons (Fsp3) is 0.353. The molecule has 5 heterocycles. The smallest absolute Gasteiger partial charge is 0.177 e. The number of rotatable bonds is 5. The van der Waals surface area contributed by atoms with E-state index in [1.807, 2.05) is 12.4 Å². The van der Waals surface area contributed by atoms with Gasteiger partial charge in [-0.05, 0) is 0 Å². The van der Waals surface area contributed by atoms with Gasteiger partial charge in [0.05, 0.1) is 47.7 Å². The molecule has 10 heteroatoms. The molecule has 1 saturated heterocycles. The zero-order valence-corrected chi connectivity index (χ0v) is 15.4. The Morgan fingerprint density at radius 3 is 2.96 bits per heavy atom. The average Bonchev–Trinajstić information content (AvgIpc) is 3.45. The van der Waals surface area contributed by atoms with Crippen LogP contribution in [0.1, 0.15) is 16.4 Å². The number of aromatic amines is 1. The Labute approximate surface area is 159 Å². The van der Waals surface area contributed by atoms with Gasteiger partial charge in [0.15, 0.2) is 5.65 Å². The fourth-order valence-electron chi connectivity index (χ4n) is 3.21. The van der Waals surface area contributed by atoms with Crippen LogP contribution in [0.4, 0.5) is 0 Å². The van der Waals surface area contributed by atoms with Gasteiger partial charge in [-0.3, -0.25) is 15.0 Å². The number of thiazole rings is 1. The van der Waals surface area contributed by atoms with Gasteiger partial charge in [-0.15, -0.1) is 11.3 Å². The van der Waals surface area contributed by atoms with Crippen LogP contribution in [0.5, 0.6) is 0 Å². The summed E-state index contributed by atoms with van der Waals surface area (Å²) in [5, 5.41) is 14.3. The number of nitrogens with one attached hydrogen (secondary N) is 1. The Bertz CT molecular complexity index is 1030. The van der Waals surface area contributed by atoms with Crippen molar-refractivity contribution in [1.82, 2.24) is 39.7 Å². The Morgan fingerprint density at radius 1 is 1.19 bits per heavy atom. The van der Waals surface area contributed by atoms with Crippen molar-refractivity contribution in [2.24, 2.45) is 0 Å². The largest absolute Gasteiger partial charge is 0.379 e. The first-order valence-corrected chi connectivity index (χ1v) is 9.65. The quantitative estimate of drug-likeness (QED) is 0.557. The van der Waals surface area contributed by atoms with Crippen molar-refractivity contribution in [3.8, 4) is 11.3 Å². The summed E-state index contributed by atoms with van der Waals surface area (Å²) in [5.74, 6) is 0. The Balaban J connectivity index is 1.37. The minimum Gasteiger partial charge on any atom is -0.379 e. The molecule has 4 aromatic heterocycles. The van der Waals surface area contributed by atoms with Crippen molar-refractivity contribution in [3.63, 3.8) is 0 Å². The van der Waals surface area contributed by atoms with Crippen molar-refractivity contribution < 1.29 is 4.74 Å². The van der Waals surface area contributed by atoms with E-state index in [0.29, 0.717) is 6.42 Å². The molecule has 0 spiro atoms. The first-order valence-electron chi connectivity index (χ1n) is 8.77. The molecular weight excluding hydrogens is 364 g/mol. The predicted octanol–water partition coefficient (Wildman–Crippen LogP) is 1.39. The molecule has 0 atom stereocenters. The summed E-state index contributed by atoms with van der Waals surface area (Å²) in [6.07, 6.45) is 7.56. The molecule has 5 rings (SSSR count). The van der Waals surface area contributed by atoms with E-state index in [2.05, 4.69) is 35.5 Å². The van der Waals surface area contributed by atoms with Crippen LogP contribution in [0, 0.1) is 0 Å². The van der Waals surface area contributed by atoms with Gasteiger partial charge in [-0.1, -0.05) is 0 Å². The molecule has 1 fully saturated rings. The molecule has 0 saturated carbocycles. The standard InChI is InChI=1S/C17H18N8OS/c1-3-26-4-2-24(1)9-13-10-27-16(23-13)5-14-17-19-11-22-25(17)15(8-18-14)12-6-20-21-7-12/h6-8,10-11H,1-5,9H2,(H,20,21). The van der Waals surface area contributed by atoms with E-state index in [4.69, 9.17) is 9.72 Å². The first kappa shape index (κ1) is 16.5. The van der Waals surface area contributed by atoms with Gasteiger partial charge in [0, 0.05) is 43.2 Å². The molecule has 27 heavy (non-hydrogen) atoms. The normalized spacial score (nSPS) is 15.6. The molecule has 0 radical (unpaired) electrons. The SMILES string of the molecule is c1nc2c(Cc3nc(CN4CCOCC4)cs3)ncc(-c3cn[nH]c3)n2n1. The highest BCUT2D eigenvalue weighted by Crippen LogP contribution is 2.22. The van der Waals surface area contributed by atoms with Crippen LogP contribution in [-0.4, -0.2) is 66.0 Å². The molecule has 1 N–H and O–H groups in total. The molecule has 0 aromatic carbocycles. The lowest BCUT2D eigenvalue weighted by Gasteiger charge is -2.25. The number of aromatic nitrogens is 7. The van der Waals surface area contributed by atoms with Crippen molar-refractivity contribution in [2.45, 2.75) is 13.0 Å². The maximum absolute atomic E-state index is 5.40. The second kappa shape index (κ2) is 7.14. The molecular formula is C17H18N8OS. The molecule has 138 valence electrons. The maximum atomic E-state index is 5.40. The van der Waals surface area contributed by atoms with E-state index < -0.39 is 0 Å². The Morgan fingerprint density at radius 2 is 2.11 bits per heavy atom. The zero-order valence-electron chi connectivity index (χ0n) is 14.6. The molecule has 0 aliphatic carbocycles. The van der Waals surface area contributed by atoms with E-state index in [9.17, 15) is 0 Å².